The Balaban J connectivity index is 1.19. The molecule has 0 saturated heterocycles. The van der Waals surface area contributed by atoms with E-state index in [0.29, 0.717) is 5.89 Å². The van der Waals surface area contributed by atoms with Crippen LogP contribution in [0.2, 0.25) is 0 Å². The first-order valence-electron chi connectivity index (χ1n) is 17.2. The van der Waals surface area contributed by atoms with Crippen molar-refractivity contribution in [3.8, 4) is 56.2 Å². The Bertz CT molecular complexity index is 2790. The average Bonchev–Trinajstić information content (AvgIpc) is 3.96. The van der Waals surface area contributed by atoms with Crippen LogP contribution < -0.4 is 5.32 Å². The fraction of sp³-hybridized carbons (Fsp3) is 0.0217. The molecule has 0 radical (unpaired) electrons. The maximum Gasteiger partial charge on any atom is 0.225 e. The third kappa shape index (κ3) is 5.08. The molecule has 0 fully saturated rings. The SMILES string of the molecule is C1=COC(c2ccnc(-c3c4ccccc4c(-c4cc(-c5ncco5)ccn4)c4ccc(-c5ccc(-c6cccc7ccccc67)cc5)cc34)c2)N1. The molecule has 6 nitrogen and oxygen atoms in total. The van der Waals surface area contributed by atoms with Gasteiger partial charge in [0.2, 0.25) is 5.89 Å². The number of fused-ring (bicyclic) bond motifs is 3. The highest BCUT2D eigenvalue weighted by atomic mass is 16.5. The van der Waals surface area contributed by atoms with Crippen molar-refractivity contribution < 1.29 is 9.15 Å². The largest absolute Gasteiger partial charge is 0.473 e. The van der Waals surface area contributed by atoms with E-state index in [4.69, 9.17) is 19.1 Å². The Hall–Kier alpha value is -7.05. The number of nitrogens with one attached hydrogen (secondary N) is 1. The van der Waals surface area contributed by atoms with Crippen LogP contribution in [0, 0.1) is 0 Å². The summed E-state index contributed by atoms with van der Waals surface area (Å²) in [5, 5.41) is 10.1. The van der Waals surface area contributed by atoms with E-state index < -0.39 is 0 Å². The van der Waals surface area contributed by atoms with Gasteiger partial charge < -0.3 is 14.5 Å². The molecule has 0 spiro atoms. The number of hydrogen-bond donors (Lipinski definition) is 1. The fourth-order valence-electron chi connectivity index (χ4n) is 7.50. The zero-order chi connectivity index (χ0) is 34.4. The highest BCUT2D eigenvalue weighted by Gasteiger charge is 2.21. The molecule has 1 unspecified atom stereocenters. The molecule has 1 aliphatic heterocycles. The highest BCUT2D eigenvalue weighted by molar-refractivity contribution is 6.21. The number of rotatable bonds is 6. The van der Waals surface area contributed by atoms with Crippen molar-refractivity contribution in [1.82, 2.24) is 20.3 Å². The van der Waals surface area contributed by atoms with E-state index in [9.17, 15) is 0 Å². The van der Waals surface area contributed by atoms with Crippen LogP contribution in [0.3, 0.4) is 0 Å². The summed E-state index contributed by atoms with van der Waals surface area (Å²) < 4.78 is 11.5. The molecule has 1 aliphatic rings. The number of oxazole rings is 1. The number of aromatic nitrogens is 3. The smallest absolute Gasteiger partial charge is 0.225 e. The van der Waals surface area contributed by atoms with Crippen molar-refractivity contribution in [2.24, 2.45) is 0 Å². The summed E-state index contributed by atoms with van der Waals surface area (Å²) in [6.07, 6.45) is 10.2. The van der Waals surface area contributed by atoms with Gasteiger partial charge in [-0.2, -0.15) is 0 Å². The molecule has 1 N–H and O–H groups in total. The summed E-state index contributed by atoms with van der Waals surface area (Å²) in [6, 6.07) is 47.3. The number of pyridine rings is 2. The number of nitrogens with zero attached hydrogens (tertiary/aromatic N) is 3. The Labute approximate surface area is 299 Å². The zero-order valence-electron chi connectivity index (χ0n) is 27.9. The molecule has 6 heteroatoms. The van der Waals surface area contributed by atoms with E-state index >= 15 is 0 Å². The first kappa shape index (κ1) is 29.8. The minimum Gasteiger partial charge on any atom is -0.473 e. The first-order valence-corrected chi connectivity index (χ1v) is 17.2. The van der Waals surface area contributed by atoms with Gasteiger partial charge in [-0.15, -0.1) is 0 Å². The second-order valence-corrected chi connectivity index (χ2v) is 12.9. The van der Waals surface area contributed by atoms with E-state index in [1.54, 1.807) is 18.7 Å². The molecule has 10 rings (SSSR count). The summed E-state index contributed by atoms with van der Waals surface area (Å²) in [5.41, 5.74) is 10.3. The molecule has 246 valence electrons. The fourth-order valence-corrected chi connectivity index (χ4v) is 7.50. The second kappa shape index (κ2) is 12.4. The van der Waals surface area contributed by atoms with E-state index in [2.05, 4.69) is 132 Å². The Kier molecular flexibility index (Phi) is 7.10. The normalized spacial score (nSPS) is 13.8. The Morgan fingerprint density at radius 2 is 1.19 bits per heavy atom. The van der Waals surface area contributed by atoms with Crippen molar-refractivity contribution >= 4 is 32.3 Å². The topological polar surface area (TPSA) is 73.1 Å². The van der Waals surface area contributed by atoms with Crippen LogP contribution >= 0.6 is 0 Å². The maximum atomic E-state index is 5.83. The lowest BCUT2D eigenvalue weighted by atomic mass is 9.86. The van der Waals surface area contributed by atoms with Crippen LogP contribution in [-0.4, -0.2) is 15.0 Å². The van der Waals surface area contributed by atoms with E-state index in [-0.39, 0.29) is 6.23 Å². The standard InChI is InChI=1S/C46H30N4O2/c1-2-8-35-30(6-1)7-5-11-36(35)31-14-12-29(13-15-31)32-16-17-39-40(26-32)44(42-28-34(19-21-48-42)46-50-23-25-52-46)38-10-4-3-9-37(38)43(39)41-27-33(18-20-47-41)45-49-22-24-51-45/h1-28,46,50H. The molecule has 3 aromatic heterocycles. The summed E-state index contributed by atoms with van der Waals surface area (Å²) in [4.78, 5) is 14.3. The van der Waals surface area contributed by atoms with Crippen LogP contribution in [0.5, 0.6) is 0 Å². The predicted molar refractivity (Wildman–Crippen MR) is 208 cm³/mol. The van der Waals surface area contributed by atoms with Crippen molar-refractivity contribution in [1.29, 1.82) is 0 Å². The minimum absolute atomic E-state index is 0.267. The van der Waals surface area contributed by atoms with Crippen molar-refractivity contribution in [3.63, 3.8) is 0 Å². The quantitative estimate of drug-likeness (QED) is 0.178. The lowest BCUT2D eigenvalue weighted by Gasteiger charge is -2.19. The van der Waals surface area contributed by atoms with Gasteiger partial charge in [0.25, 0.3) is 0 Å². The monoisotopic (exact) mass is 670 g/mol. The number of ether oxygens (including phenoxy) is 1. The van der Waals surface area contributed by atoms with E-state index in [1.807, 2.05) is 30.7 Å². The van der Waals surface area contributed by atoms with Gasteiger partial charge in [0.15, 0.2) is 6.23 Å². The van der Waals surface area contributed by atoms with Gasteiger partial charge in [-0.25, -0.2) is 4.98 Å². The maximum absolute atomic E-state index is 5.83. The van der Waals surface area contributed by atoms with Gasteiger partial charge in [-0.3, -0.25) is 9.97 Å². The molecule has 0 amide bonds. The lowest BCUT2D eigenvalue weighted by Crippen LogP contribution is -2.11. The molecule has 0 aliphatic carbocycles. The van der Waals surface area contributed by atoms with Crippen LogP contribution in [0.25, 0.3) is 88.5 Å². The zero-order valence-corrected chi connectivity index (χ0v) is 27.9. The molecule has 9 aromatic rings. The van der Waals surface area contributed by atoms with Gasteiger partial charge >= 0.3 is 0 Å². The summed E-state index contributed by atoms with van der Waals surface area (Å²) >= 11 is 0. The van der Waals surface area contributed by atoms with Crippen molar-refractivity contribution in [2.45, 2.75) is 6.23 Å². The molecule has 52 heavy (non-hydrogen) atoms. The summed E-state index contributed by atoms with van der Waals surface area (Å²) in [7, 11) is 0. The van der Waals surface area contributed by atoms with Gasteiger partial charge in [0, 0.05) is 40.8 Å². The average molecular weight is 671 g/mol. The summed E-state index contributed by atoms with van der Waals surface area (Å²) in [5.74, 6) is 0.557. The minimum atomic E-state index is -0.267. The predicted octanol–water partition coefficient (Wildman–Crippen LogP) is 11.3. The van der Waals surface area contributed by atoms with E-state index in [1.165, 1.54) is 21.9 Å². The number of benzene rings is 6. The summed E-state index contributed by atoms with van der Waals surface area (Å²) in [6.45, 7) is 0. The third-order valence-electron chi connectivity index (χ3n) is 9.91. The lowest BCUT2D eigenvalue weighted by molar-refractivity contribution is 0.154. The Morgan fingerprint density at radius 1 is 0.500 bits per heavy atom. The molecule has 4 heterocycles. The highest BCUT2D eigenvalue weighted by Crippen LogP contribution is 2.45. The van der Waals surface area contributed by atoms with Gasteiger partial charge in [-0.05, 0) is 84.9 Å². The van der Waals surface area contributed by atoms with Crippen LogP contribution in [0.15, 0.2) is 175 Å². The van der Waals surface area contributed by atoms with Crippen LogP contribution in [0.1, 0.15) is 11.8 Å². The molecule has 0 saturated carbocycles. The number of hydrogen-bond acceptors (Lipinski definition) is 6. The van der Waals surface area contributed by atoms with Crippen molar-refractivity contribution in [3.05, 3.63) is 176 Å². The molecule has 6 aromatic carbocycles. The molecular weight excluding hydrogens is 641 g/mol. The second-order valence-electron chi connectivity index (χ2n) is 12.9. The van der Waals surface area contributed by atoms with Gasteiger partial charge in [0.1, 0.15) is 12.5 Å². The van der Waals surface area contributed by atoms with Crippen LogP contribution in [0.4, 0.5) is 0 Å². The third-order valence-corrected chi connectivity index (χ3v) is 9.91. The van der Waals surface area contributed by atoms with Crippen LogP contribution in [-0.2, 0) is 4.74 Å². The first-order chi connectivity index (χ1) is 25.8. The molecular formula is C46H30N4O2. The Morgan fingerprint density at radius 3 is 1.98 bits per heavy atom. The van der Waals surface area contributed by atoms with Crippen molar-refractivity contribution in [2.75, 3.05) is 0 Å². The van der Waals surface area contributed by atoms with Gasteiger partial charge in [0.05, 0.1) is 17.6 Å². The van der Waals surface area contributed by atoms with Gasteiger partial charge in [-0.1, -0.05) is 103 Å². The molecule has 1 atom stereocenters. The van der Waals surface area contributed by atoms with E-state index in [0.717, 1.165) is 66.3 Å². The molecule has 0 bridgehead atoms.